The van der Waals surface area contributed by atoms with Crippen molar-refractivity contribution in [3.05, 3.63) is 58.5 Å². The summed E-state index contributed by atoms with van der Waals surface area (Å²) in [7, 11) is 0. The standard InChI is InChI=1S/C24H24F3N7OS/c25-24(26,27)17-5-1-4-16(12-17)13-29-21-20-22(34(15-30-20)18-7-11-36-14-18)32-23(31-21)28-8-3-10-33-9-2-6-19(33)35/h1,4-5,7,11-12,14-15H,2-3,6,8-10,13H2,(H2,28,29,31,32). The Bertz CT molecular complexity index is 1350. The maximum Gasteiger partial charge on any atom is 0.416 e. The minimum absolute atomic E-state index is 0.137. The van der Waals surface area contributed by atoms with E-state index in [4.69, 9.17) is 0 Å². The van der Waals surface area contributed by atoms with Crippen molar-refractivity contribution in [2.75, 3.05) is 30.3 Å². The molecule has 0 unspecified atom stereocenters. The van der Waals surface area contributed by atoms with Gasteiger partial charge in [-0.3, -0.25) is 9.36 Å². The minimum atomic E-state index is -4.41. The number of thiophene rings is 1. The van der Waals surface area contributed by atoms with Gasteiger partial charge in [0.2, 0.25) is 11.9 Å². The van der Waals surface area contributed by atoms with Crippen LogP contribution in [0.5, 0.6) is 0 Å². The van der Waals surface area contributed by atoms with Gasteiger partial charge in [-0.2, -0.15) is 34.5 Å². The molecule has 8 nitrogen and oxygen atoms in total. The van der Waals surface area contributed by atoms with Crippen LogP contribution in [0.1, 0.15) is 30.4 Å². The van der Waals surface area contributed by atoms with E-state index in [2.05, 4.69) is 25.6 Å². The van der Waals surface area contributed by atoms with Crippen LogP contribution in [0.4, 0.5) is 24.9 Å². The number of hydrogen-bond acceptors (Lipinski definition) is 7. The maximum atomic E-state index is 13.1. The van der Waals surface area contributed by atoms with E-state index in [-0.39, 0.29) is 12.5 Å². The van der Waals surface area contributed by atoms with Gasteiger partial charge >= 0.3 is 6.18 Å². The number of carbonyl (C=O) groups is 1. The molecule has 4 heterocycles. The Morgan fingerprint density at radius 2 is 2.03 bits per heavy atom. The molecule has 188 valence electrons. The number of anilines is 2. The number of aromatic nitrogens is 4. The van der Waals surface area contributed by atoms with Crippen LogP contribution < -0.4 is 10.6 Å². The average Bonchev–Trinajstić information content (AvgIpc) is 3.61. The molecule has 1 fully saturated rings. The minimum Gasteiger partial charge on any atom is -0.364 e. The number of hydrogen-bond donors (Lipinski definition) is 2. The van der Waals surface area contributed by atoms with Crippen molar-refractivity contribution in [3.8, 4) is 5.69 Å². The summed E-state index contributed by atoms with van der Waals surface area (Å²) in [5.74, 6) is 0.982. The molecule has 1 aromatic carbocycles. The van der Waals surface area contributed by atoms with E-state index in [1.807, 2.05) is 26.3 Å². The number of amides is 1. The van der Waals surface area contributed by atoms with E-state index in [9.17, 15) is 18.0 Å². The fourth-order valence-corrected chi connectivity index (χ4v) is 4.77. The molecule has 0 spiro atoms. The van der Waals surface area contributed by atoms with Crippen LogP contribution in [-0.4, -0.2) is 50.0 Å². The quantitative estimate of drug-likeness (QED) is 0.307. The highest BCUT2D eigenvalue weighted by Crippen LogP contribution is 2.30. The number of likely N-dealkylation sites (tertiary alicyclic amines) is 1. The topological polar surface area (TPSA) is 88.0 Å². The van der Waals surface area contributed by atoms with Gasteiger partial charge in [-0.05, 0) is 42.0 Å². The smallest absolute Gasteiger partial charge is 0.364 e. The molecule has 5 rings (SSSR count). The van der Waals surface area contributed by atoms with Gasteiger partial charge in [0.05, 0.1) is 11.3 Å². The largest absolute Gasteiger partial charge is 0.416 e. The van der Waals surface area contributed by atoms with Crippen LogP contribution in [-0.2, 0) is 17.5 Å². The number of alkyl halides is 3. The summed E-state index contributed by atoms with van der Waals surface area (Å²) in [6.45, 7) is 2.17. The number of benzene rings is 1. The second kappa shape index (κ2) is 10.1. The lowest BCUT2D eigenvalue weighted by atomic mass is 10.1. The molecule has 0 radical (unpaired) electrons. The lowest BCUT2D eigenvalue weighted by Gasteiger charge is -2.15. The Balaban J connectivity index is 1.36. The SMILES string of the molecule is O=C1CCCN1CCCNc1nc(NCc2cccc(C(F)(F)F)c2)c2ncn(-c3ccsc3)c2n1. The van der Waals surface area contributed by atoms with Crippen LogP contribution in [0, 0.1) is 0 Å². The highest BCUT2D eigenvalue weighted by atomic mass is 32.1. The van der Waals surface area contributed by atoms with Gasteiger partial charge < -0.3 is 15.5 Å². The summed E-state index contributed by atoms with van der Waals surface area (Å²) in [6.07, 6.45) is -0.502. The molecular weight excluding hydrogens is 491 g/mol. The summed E-state index contributed by atoms with van der Waals surface area (Å²) in [6, 6.07) is 7.13. The molecule has 3 aromatic heterocycles. The first-order valence-electron chi connectivity index (χ1n) is 11.6. The van der Waals surface area contributed by atoms with Crippen LogP contribution in [0.25, 0.3) is 16.9 Å². The molecule has 0 atom stereocenters. The molecule has 36 heavy (non-hydrogen) atoms. The van der Waals surface area contributed by atoms with E-state index in [0.29, 0.717) is 48.0 Å². The molecule has 1 aliphatic rings. The fraction of sp³-hybridized carbons (Fsp3) is 0.333. The third kappa shape index (κ3) is 5.27. The van der Waals surface area contributed by atoms with E-state index in [1.165, 1.54) is 6.07 Å². The Hall–Kier alpha value is -3.67. The van der Waals surface area contributed by atoms with Crippen molar-refractivity contribution < 1.29 is 18.0 Å². The summed E-state index contributed by atoms with van der Waals surface area (Å²) < 4.78 is 41.2. The van der Waals surface area contributed by atoms with E-state index >= 15 is 0 Å². The first kappa shape index (κ1) is 24.0. The van der Waals surface area contributed by atoms with Gasteiger partial charge in [0.1, 0.15) is 6.33 Å². The molecular formula is C24H24F3N7OS. The number of imidazole rings is 1. The van der Waals surface area contributed by atoms with Crippen LogP contribution in [0.2, 0.25) is 0 Å². The molecule has 2 N–H and O–H groups in total. The predicted octanol–water partition coefficient (Wildman–Crippen LogP) is 4.93. The molecule has 0 aliphatic carbocycles. The van der Waals surface area contributed by atoms with Crippen molar-refractivity contribution in [2.45, 2.75) is 32.0 Å². The Morgan fingerprint density at radius 3 is 2.78 bits per heavy atom. The Kier molecular flexibility index (Phi) is 6.77. The molecule has 1 saturated heterocycles. The highest BCUT2D eigenvalue weighted by Gasteiger charge is 2.30. The normalized spacial score (nSPS) is 14.1. The van der Waals surface area contributed by atoms with Crippen molar-refractivity contribution in [2.24, 2.45) is 0 Å². The first-order chi connectivity index (χ1) is 17.4. The Labute approximate surface area is 209 Å². The van der Waals surface area contributed by atoms with Crippen molar-refractivity contribution >= 4 is 40.2 Å². The van der Waals surface area contributed by atoms with E-state index in [0.717, 1.165) is 37.2 Å². The monoisotopic (exact) mass is 515 g/mol. The van der Waals surface area contributed by atoms with Gasteiger partial charge in [-0.15, -0.1) is 0 Å². The second-order valence-electron chi connectivity index (χ2n) is 8.48. The van der Waals surface area contributed by atoms with Gasteiger partial charge in [0.25, 0.3) is 0 Å². The maximum absolute atomic E-state index is 13.1. The molecule has 1 aliphatic heterocycles. The van der Waals surface area contributed by atoms with Crippen LogP contribution >= 0.6 is 11.3 Å². The summed E-state index contributed by atoms with van der Waals surface area (Å²) in [4.78, 5) is 27.4. The molecule has 0 bridgehead atoms. The van der Waals surface area contributed by atoms with E-state index < -0.39 is 11.7 Å². The van der Waals surface area contributed by atoms with Crippen molar-refractivity contribution in [1.29, 1.82) is 0 Å². The number of fused-ring (bicyclic) bond motifs is 1. The zero-order valence-corrected chi connectivity index (χ0v) is 20.1. The molecule has 12 heteroatoms. The number of nitrogens with one attached hydrogen (secondary N) is 2. The summed E-state index contributed by atoms with van der Waals surface area (Å²) >= 11 is 1.55. The first-order valence-corrected chi connectivity index (χ1v) is 12.5. The van der Waals surface area contributed by atoms with Gasteiger partial charge in [0.15, 0.2) is 17.0 Å². The second-order valence-corrected chi connectivity index (χ2v) is 9.26. The molecule has 1 amide bonds. The van der Waals surface area contributed by atoms with Crippen molar-refractivity contribution in [3.63, 3.8) is 0 Å². The zero-order valence-electron chi connectivity index (χ0n) is 19.3. The van der Waals surface area contributed by atoms with Crippen LogP contribution in [0.3, 0.4) is 0 Å². The highest BCUT2D eigenvalue weighted by molar-refractivity contribution is 7.08. The predicted molar refractivity (Wildman–Crippen MR) is 132 cm³/mol. The lowest BCUT2D eigenvalue weighted by Crippen LogP contribution is -2.27. The number of rotatable bonds is 9. The summed E-state index contributed by atoms with van der Waals surface area (Å²) in [5.41, 5.74) is 1.77. The van der Waals surface area contributed by atoms with Gasteiger partial charge in [0, 0.05) is 38.0 Å². The third-order valence-corrected chi connectivity index (χ3v) is 6.62. The lowest BCUT2D eigenvalue weighted by molar-refractivity contribution is -0.137. The zero-order chi connectivity index (χ0) is 25.1. The number of halogens is 3. The summed E-state index contributed by atoms with van der Waals surface area (Å²) in [5, 5.41) is 10.3. The van der Waals surface area contributed by atoms with Gasteiger partial charge in [-0.1, -0.05) is 12.1 Å². The third-order valence-electron chi connectivity index (χ3n) is 5.95. The number of nitrogens with zero attached hydrogens (tertiary/aromatic N) is 5. The fourth-order valence-electron chi connectivity index (χ4n) is 4.14. The number of carbonyl (C=O) groups excluding carboxylic acids is 1. The Morgan fingerprint density at radius 1 is 1.14 bits per heavy atom. The van der Waals surface area contributed by atoms with Crippen molar-refractivity contribution in [1.82, 2.24) is 24.4 Å². The average molecular weight is 516 g/mol. The van der Waals surface area contributed by atoms with Gasteiger partial charge in [-0.25, -0.2) is 4.98 Å². The van der Waals surface area contributed by atoms with E-state index in [1.54, 1.807) is 23.7 Å². The molecule has 4 aromatic rings. The molecule has 0 saturated carbocycles. The van der Waals surface area contributed by atoms with Crippen LogP contribution in [0.15, 0.2) is 47.4 Å².